The summed E-state index contributed by atoms with van der Waals surface area (Å²) in [5, 5.41) is 0. The smallest absolute Gasteiger partial charge is 0.159 e. The van der Waals surface area contributed by atoms with Crippen LogP contribution in [0.4, 0.5) is 0 Å². The van der Waals surface area contributed by atoms with Crippen molar-refractivity contribution in [3.05, 3.63) is 47.7 Å². The number of aromatic nitrogens is 3. The van der Waals surface area contributed by atoms with E-state index in [0.717, 1.165) is 28.1 Å². The average Bonchev–Trinajstić information content (AvgIpc) is 2.67. The van der Waals surface area contributed by atoms with E-state index in [1.54, 1.807) is 0 Å². The van der Waals surface area contributed by atoms with Crippen molar-refractivity contribution in [1.82, 2.24) is 14.5 Å². The minimum Gasteiger partial charge on any atom is -0.326 e. The van der Waals surface area contributed by atoms with Gasteiger partial charge in [-0.2, -0.15) is 0 Å². The molecular formula is C15H15N3. The van der Waals surface area contributed by atoms with Crippen LogP contribution in [0.3, 0.4) is 0 Å². The first-order valence-electron chi connectivity index (χ1n) is 6.01. The van der Waals surface area contributed by atoms with Crippen molar-refractivity contribution >= 4 is 11.0 Å². The lowest BCUT2D eigenvalue weighted by molar-refractivity contribution is 0.949. The van der Waals surface area contributed by atoms with Gasteiger partial charge in [0.15, 0.2) is 5.82 Å². The van der Waals surface area contributed by atoms with Crippen molar-refractivity contribution in [3.63, 3.8) is 0 Å². The summed E-state index contributed by atoms with van der Waals surface area (Å²) in [6.07, 6.45) is 1.87. The van der Waals surface area contributed by atoms with Crippen molar-refractivity contribution in [2.75, 3.05) is 0 Å². The van der Waals surface area contributed by atoms with E-state index >= 15 is 0 Å². The highest BCUT2D eigenvalue weighted by Gasteiger charge is 2.10. The summed E-state index contributed by atoms with van der Waals surface area (Å²) in [5.41, 5.74) is 5.46. The van der Waals surface area contributed by atoms with Crippen LogP contribution in [-0.4, -0.2) is 14.5 Å². The number of rotatable bonds is 1. The van der Waals surface area contributed by atoms with E-state index in [1.165, 1.54) is 5.56 Å². The molecule has 2 aromatic heterocycles. The molecule has 2 heterocycles. The number of pyridine rings is 1. The predicted octanol–water partition coefficient (Wildman–Crippen LogP) is 3.25. The molecule has 0 unspecified atom stereocenters. The van der Waals surface area contributed by atoms with E-state index in [9.17, 15) is 0 Å². The molecule has 3 nitrogen and oxygen atoms in total. The maximum Gasteiger partial charge on any atom is 0.159 e. The number of hydrogen-bond acceptors (Lipinski definition) is 2. The van der Waals surface area contributed by atoms with Crippen LogP contribution in [0.15, 0.2) is 36.5 Å². The summed E-state index contributed by atoms with van der Waals surface area (Å²) < 4.78 is 2.09. The fourth-order valence-corrected chi connectivity index (χ4v) is 2.14. The standard InChI is InChI=1S/C15H15N3/c1-10-5-7-14-13(8-10)17-15(18(14)3)12-6-4-11(2)9-16-12/h4-9H,1-3H3. The molecule has 0 saturated heterocycles. The Kier molecular flexibility index (Phi) is 2.40. The van der Waals surface area contributed by atoms with Gasteiger partial charge in [-0.1, -0.05) is 12.1 Å². The zero-order valence-electron chi connectivity index (χ0n) is 10.8. The molecule has 1 aromatic carbocycles. The second-order valence-electron chi connectivity index (χ2n) is 4.71. The summed E-state index contributed by atoms with van der Waals surface area (Å²) in [4.78, 5) is 9.12. The third-order valence-electron chi connectivity index (χ3n) is 3.18. The molecule has 0 saturated carbocycles. The first-order valence-corrected chi connectivity index (χ1v) is 6.01. The Morgan fingerprint density at radius 1 is 1.00 bits per heavy atom. The van der Waals surface area contributed by atoms with Crippen LogP contribution in [0, 0.1) is 13.8 Å². The number of fused-ring (bicyclic) bond motifs is 1. The Hall–Kier alpha value is -2.16. The van der Waals surface area contributed by atoms with Gasteiger partial charge in [0.05, 0.1) is 11.0 Å². The number of imidazole rings is 1. The molecule has 0 radical (unpaired) electrons. The molecule has 0 bridgehead atoms. The van der Waals surface area contributed by atoms with Crippen molar-refractivity contribution in [1.29, 1.82) is 0 Å². The molecule has 3 aromatic rings. The Morgan fingerprint density at radius 3 is 2.50 bits per heavy atom. The quantitative estimate of drug-likeness (QED) is 0.650. The minimum absolute atomic E-state index is 0.913. The van der Waals surface area contributed by atoms with Crippen LogP contribution in [0.1, 0.15) is 11.1 Å². The first kappa shape index (κ1) is 11.0. The topological polar surface area (TPSA) is 30.7 Å². The SMILES string of the molecule is Cc1ccc(-c2nc3cc(C)ccc3n2C)nc1. The third kappa shape index (κ3) is 1.68. The van der Waals surface area contributed by atoms with E-state index in [0.29, 0.717) is 0 Å². The van der Waals surface area contributed by atoms with Crippen molar-refractivity contribution in [3.8, 4) is 11.5 Å². The van der Waals surface area contributed by atoms with Crippen LogP contribution < -0.4 is 0 Å². The lowest BCUT2D eigenvalue weighted by Crippen LogP contribution is -1.94. The van der Waals surface area contributed by atoms with Gasteiger partial charge in [-0.05, 0) is 43.2 Å². The molecule has 0 spiro atoms. The Labute approximate surface area is 106 Å². The maximum absolute atomic E-state index is 4.67. The average molecular weight is 237 g/mol. The summed E-state index contributed by atoms with van der Waals surface area (Å²) in [5.74, 6) is 0.913. The van der Waals surface area contributed by atoms with Gasteiger partial charge in [-0.25, -0.2) is 4.98 Å². The molecule has 0 atom stereocenters. The van der Waals surface area contributed by atoms with E-state index in [2.05, 4.69) is 45.7 Å². The van der Waals surface area contributed by atoms with E-state index in [4.69, 9.17) is 0 Å². The second kappa shape index (κ2) is 3.95. The largest absolute Gasteiger partial charge is 0.326 e. The van der Waals surface area contributed by atoms with Gasteiger partial charge >= 0.3 is 0 Å². The van der Waals surface area contributed by atoms with Crippen molar-refractivity contribution in [2.45, 2.75) is 13.8 Å². The molecule has 90 valence electrons. The highest BCUT2D eigenvalue weighted by Crippen LogP contribution is 2.22. The third-order valence-corrected chi connectivity index (χ3v) is 3.18. The highest BCUT2D eigenvalue weighted by molar-refractivity contribution is 5.80. The van der Waals surface area contributed by atoms with Gasteiger partial charge in [-0.3, -0.25) is 4.98 Å². The van der Waals surface area contributed by atoms with Crippen LogP contribution in [0.25, 0.3) is 22.6 Å². The van der Waals surface area contributed by atoms with Gasteiger partial charge in [0.1, 0.15) is 5.69 Å². The van der Waals surface area contributed by atoms with Gasteiger partial charge in [0.2, 0.25) is 0 Å². The normalized spacial score (nSPS) is 11.1. The Balaban J connectivity index is 2.23. The second-order valence-corrected chi connectivity index (χ2v) is 4.71. The summed E-state index contributed by atoms with van der Waals surface area (Å²) in [6, 6.07) is 10.4. The van der Waals surface area contributed by atoms with Crippen LogP contribution in [0.2, 0.25) is 0 Å². The molecule has 0 N–H and O–H groups in total. The summed E-state index contributed by atoms with van der Waals surface area (Å²) >= 11 is 0. The molecule has 0 aliphatic heterocycles. The van der Waals surface area contributed by atoms with Crippen LogP contribution in [0.5, 0.6) is 0 Å². The summed E-state index contributed by atoms with van der Waals surface area (Å²) in [6.45, 7) is 4.12. The fourth-order valence-electron chi connectivity index (χ4n) is 2.14. The molecule has 3 rings (SSSR count). The number of aryl methyl sites for hydroxylation is 3. The van der Waals surface area contributed by atoms with Gasteiger partial charge in [0.25, 0.3) is 0 Å². The van der Waals surface area contributed by atoms with E-state index < -0.39 is 0 Å². The van der Waals surface area contributed by atoms with Crippen molar-refractivity contribution in [2.24, 2.45) is 7.05 Å². The molecule has 18 heavy (non-hydrogen) atoms. The number of hydrogen-bond donors (Lipinski definition) is 0. The number of benzene rings is 1. The Bertz CT molecular complexity index is 708. The van der Waals surface area contributed by atoms with E-state index in [-0.39, 0.29) is 0 Å². The molecule has 0 amide bonds. The monoisotopic (exact) mass is 237 g/mol. The maximum atomic E-state index is 4.67. The van der Waals surface area contributed by atoms with Gasteiger partial charge in [0, 0.05) is 13.2 Å². The molecular weight excluding hydrogens is 222 g/mol. The summed E-state index contributed by atoms with van der Waals surface area (Å²) in [7, 11) is 2.03. The van der Waals surface area contributed by atoms with Crippen molar-refractivity contribution < 1.29 is 0 Å². The predicted molar refractivity (Wildman–Crippen MR) is 73.4 cm³/mol. The van der Waals surface area contributed by atoms with Crippen LogP contribution in [-0.2, 0) is 7.05 Å². The van der Waals surface area contributed by atoms with Gasteiger partial charge < -0.3 is 4.57 Å². The zero-order valence-corrected chi connectivity index (χ0v) is 10.8. The first-order chi connectivity index (χ1) is 8.65. The lowest BCUT2D eigenvalue weighted by atomic mass is 10.2. The zero-order chi connectivity index (χ0) is 12.7. The number of nitrogens with zero attached hydrogens (tertiary/aromatic N) is 3. The molecule has 0 aliphatic rings. The Morgan fingerprint density at radius 2 is 1.78 bits per heavy atom. The minimum atomic E-state index is 0.913. The fraction of sp³-hybridized carbons (Fsp3) is 0.200. The van der Waals surface area contributed by atoms with E-state index in [1.807, 2.05) is 26.2 Å². The molecule has 0 aliphatic carbocycles. The molecule has 0 fully saturated rings. The molecule has 3 heteroatoms. The lowest BCUT2D eigenvalue weighted by Gasteiger charge is -2.01. The van der Waals surface area contributed by atoms with Gasteiger partial charge in [-0.15, -0.1) is 0 Å². The highest BCUT2D eigenvalue weighted by atomic mass is 15.1. The van der Waals surface area contributed by atoms with Crippen LogP contribution >= 0.6 is 0 Å².